The van der Waals surface area contributed by atoms with Gasteiger partial charge in [0.1, 0.15) is 17.0 Å². The monoisotopic (exact) mass is 283 g/mol. The molecule has 1 aromatic carbocycles. The predicted molar refractivity (Wildman–Crippen MR) is 71.1 cm³/mol. The zero-order valence-electron chi connectivity index (χ0n) is 9.74. The summed E-state index contributed by atoms with van der Waals surface area (Å²) in [6.45, 7) is 1.99. The van der Waals surface area contributed by atoms with Gasteiger partial charge in [0.25, 0.3) is 5.24 Å². The number of hydrogen-bond acceptors (Lipinski definition) is 3. The summed E-state index contributed by atoms with van der Waals surface area (Å²) in [6.07, 6.45) is 1.46. The number of nitrogens with zero attached hydrogens (tertiary/aromatic N) is 1. The number of aromatic nitrogens is 1. The summed E-state index contributed by atoms with van der Waals surface area (Å²) < 4.78 is 5.19. The third-order valence-corrected chi connectivity index (χ3v) is 3.08. The molecule has 3 nitrogen and oxygen atoms in total. The highest BCUT2D eigenvalue weighted by Crippen LogP contribution is 2.32. The molecule has 94 valence electrons. The summed E-state index contributed by atoms with van der Waals surface area (Å²) in [5.41, 5.74) is 1.37. The molecule has 0 aliphatic rings. The molecule has 0 aliphatic heterocycles. The van der Waals surface area contributed by atoms with Gasteiger partial charge in [0.2, 0.25) is 0 Å². The van der Waals surface area contributed by atoms with Crippen molar-refractivity contribution in [2.45, 2.75) is 19.8 Å². The van der Waals surface area contributed by atoms with Gasteiger partial charge in [0.15, 0.2) is 0 Å². The second kappa shape index (κ2) is 5.55. The maximum Gasteiger partial charge on any atom is 0.258 e. The summed E-state index contributed by atoms with van der Waals surface area (Å²) in [7, 11) is 0. The van der Waals surface area contributed by atoms with Gasteiger partial charge in [0.05, 0.1) is 5.02 Å². The summed E-state index contributed by atoms with van der Waals surface area (Å²) in [4.78, 5) is 11.5. The van der Waals surface area contributed by atoms with Crippen molar-refractivity contribution in [2.75, 3.05) is 0 Å². The number of rotatable bonds is 4. The molecular weight excluding hydrogens is 273 g/mol. The fraction of sp³-hybridized carbons (Fsp3) is 0.231. The molecule has 0 radical (unpaired) electrons. The van der Waals surface area contributed by atoms with E-state index < -0.39 is 5.24 Å². The maximum atomic E-state index is 11.5. The number of aryl methyl sites for hydroxylation is 1. The molecule has 0 bridgehead atoms. The average Bonchev–Trinajstić information content (AvgIpc) is 2.74. The van der Waals surface area contributed by atoms with E-state index in [1.54, 1.807) is 18.2 Å². The first-order valence-electron chi connectivity index (χ1n) is 5.58. The zero-order valence-corrected chi connectivity index (χ0v) is 11.3. The molecule has 0 saturated carbocycles. The fourth-order valence-electron chi connectivity index (χ4n) is 1.76. The number of hydrogen-bond donors (Lipinski definition) is 0. The van der Waals surface area contributed by atoms with E-state index >= 15 is 0 Å². The Morgan fingerprint density at radius 1 is 1.39 bits per heavy atom. The molecule has 2 rings (SSSR count). The summed E-state index contributed by atoms with van der Waals surface area (Å²) >= 11 is 11.7. The van der Waals surface area contributed by atoms with Crippen LogP contribution in [0.2, 0.25) is 5.02 Å². The summed E-state index contributed by atoms with van der Waals surface area (Å²) in [5.74, 6) is 0.507. The van der Waals surface area contributed by atoms with Gasteiger partial charge in [-0.3, -0.25) is 4.79 Å². The maximum absolute atomic E-state index is 11.5. The molecule has 2 aromatic rings. The van der Waals surface area contributed by atoms with Crippen LogP contribution in [-0.4, -0.2) is 10.4 Å². The van der Waals surface area contributed by atoms with Crippen LogP contribution in [0.4, 0.5) is 0 Å². The van der Waals surface area contributed by atoms with Gasteiger partial charge in [-0.2, -0.15) is 0 Å². The van der Waals surface area contributed by atoms with Crippen LogP contribution in [0.1, 0.15) is 29.5 Å². The molecule has 0 aliphatic carbocycles. The fourth-order valence-corrected chi connectivity index (χ4v) is 2.18. The van der Waals surface area contributed by atoms with Crippen LogP contribution in [0, 0.1) is 0 Å². The first kappa shape index (κ1) is 13.1. The molecule has 0 N–H and O–H groups in total. The Morgan fingerprint density at radius 2 is 2.11 bits per heavy atom. The molecule has 5 heteroatoms. The molecule has 1 heterocycles. The normalized spacial score (nSPS) is 10.6. The van der Waals surface area contributed by atoms with Gasteiger partial charge in [-0.15, -0.1) is 0 Å². The van der Waals surface area contributed by atoms with Crippen molar-refractivity contribution in [3.8, 4) is 11.3 Å². The van der Waals surface area contributed by atoms with Crippen LogP contribution in [0.5, 0.6) is 0 Å². The van der Waals surface area contributed by atoms with Crippen molar-refractivity contribution in [1.29, 1.82) is 0 Å². The first-order valence-corrected chi connectivity index (χ1v) is 6.34. The van der Waals surface area contributed by atoms with Crippen LogP contribution >= 0.6 is 23.2 Å². The Morgan fingerprint density at radius 3 is 2.72 bits per heavy atom. The van der Waals surface area contributed by atoms with E-state index in [1.807, 2.05) is 13.0 Å². The van der Waals surface area contributed by atoms with Crippen molar-refractivity contribution < 1.29 is 9.32 Å². The number of benzene rings is 1. The van der Waals surface area contributed by atoms with Gasteiger partial charge >= 0.3 is 0 Å². The second-order valence-electron chi connectivity index (χ2n) is 3.83. The molecule has 1 aromatic heterocycles. The molecule has 0 spiro atoms. The van der Waals surface area contributed by atoms with Crippen LogP contribution in [-0.2, 0) is 6.42 Å². The smallest absolute Gasteiger partial charge is 0.258 e. The Kier molecular flexibility index (Phi) is 4.04. The first-order chi connectivity index (χ1) is 8.65. The summed E-state index contributed by atoms with van der Waals surface area (Å²) in [5, 5.41) is 3.86. The van der Waals surface area contributed by atoms with Crippen molar-refractivity contribution in [3.05, 3.63) is 40.6 Å². The van der Waals surface area contributed by atoms with Crippen LogP contribution < -0.4 is 0 Å². The molecule has 18 heavy (non-hydrogen) atoms. The highest BCUT2D eigenvalue weighted by atomic mass is 35.5. The standard InChI is InChI=1S/C13H11Cl2NO2/c1-2-5-10-11(13(15)17)12(16-18-10)8-6-3-4-7-9(8)14/h3-4,6-7H,2,5H2,1H3. The number of carbonyl (C=O) groups excluding carboxylic acids is 1. The predicted octanol–water partition coefficient (Wildman–Crippen LogP) is 4.33. The van der Waals surface area contributed by atoms with Crippen LogP contribution in [0.15, 0.2) is 28.8 Å². The summed E-state index contributed by atoms with van der Waals surface area (Å²) in [6, 6.07) is 7.13. The lowest BCUT2D eigenvalue weighted by molar-refractivity contribution is 0.108. The van der Waals surface area contributed by atoms with Crippen LogP contribution in [0.3, 0.4) is 0 Å². The van der Waals surface area contributed by atoms with Crippen molar-refractivity contribution in [2.24, 2.45) is 0 Å². The van der Waals surface area contributed by atoms with E-state index in [2.05, 4.69) is 5.16 Å². The minimum absolute atomic E-state index is 0.312. The molecule has 0 atom stereocenters. The lowest BCUT2D eigenvalue weighted by atomic mass is 10.1. The van der Waals surface area contributed by atoms with Crippen molar-refractivity contribution in [1.82, 2.24) is 5.16 Å². The van der Waals surface area contributed by atoms with E-state index in [-0.39, 0.29) is 0 Å². The Bertz CT molecular complexity index is 578. The van der Waals surface area contributed by atoms with E-state index in [1.165, 1.54) is 0 Å². The SMILES string of the molecule is CCCc1onc(-c2ccccc2Cl)c1C(=O)Cl. The molecular formula is C13H11Cl2NO2. The largest absolute Gasteiger partial charge is 0.360 e. The van der Waals surface area contributed by atoms with Gasteiger partial charge in [0, 0.05) is 12.0 Å². The Balaban J connectivity index is 2.58. The Hall–Kier alpha value is -1.32. The molecule has 0 fully saturated rings. The van der Waals surface area contributed by atoms with E-state index in [4.69, 9.17) is 27.7 Å². The van der Waals surface area contributed by atoms with E-state index in [0.717, 1.165) is 6.42 Å². The van der Waals surface area contributed by atoms with Gasteiger partial charge in [-0.25, -0.2) is 0 Å². The third-order valence-electron chi connectivity index (χ3n) is 2.57. The van der Waals surface area contributed by atoms with E-state index in [9.17, 15) is 4.79 Å². The van der Waals surface area contributed by atoms with Crippen molar-refractivity contribution in [3.63, 3.8) is 0 Å². The van der Waals surface area contributed by atoms with Gasteiger partial charge < -0.3 is 4.52 Å². The van der Waals surface area contributed by atoms with Crippen molar-refractivity contribution >= 4 is 28.4 Å². The third kappa shape index (κ3) is 2.42. The van der Waals surface area contributed by atoms with Crippen LogP contribution in [0.25, 0.3) is 11.3 Å². The van der Waals surface area contributed by atoms with E-state index in [0.29, 0.717) is 34.0 Å². The highest BCUT2D eigenvalue weighted by Gasteiger charge is 2.23. The average molecular weight is 284 g/mol. The highest BCUT2D eigenvalue weighted by molar-refractivity contribution is 6.68. The lowest BCUT2D eigenvalue weighted by Gasteiger charge is -2.01. The molecule has 0 saturated heterocycles. The van der Waals surface area contributed by atoms with Gasteiger partial charge in [-0.05, 0) is 24.1 Å². The number of carbonyl (C=O) groups is 1. The number of halogens is 2. The van der Waals surface area contributed by atoms with Gasteiger partial charge in [-0.1, -0.05) is 41.9 Å². The molecule has 0 amide bonds. The minimum Gasteiger partial charge on any atom is -0.360 e. The minimum atomic E-state index is -0.574. The topological polar surface area (TPSA) is 43.1 Å². The second-order valence-corrected chi connectivity index (χ2v) is 4.58. The quantitative estimate of drug-likeness (QED) is 0.785. The zero-order chi connectivity index (χ0) is 13.1. The Labute approximate surface area is 115 Å². The lowest BCUT2D eigenvalue weighted by Crippen LogP contribution is -1.96. The molecule has 0 unspecified atom stereocenters.